The van der Waals surface area contributed by atoms with Gasteiger partial charge < -0.3 is 15.3 Å². The normalized spacial score (nSPS) is 18.9. The Kier molecular flexibility index (Phi) is 4.39. The number of aryl methyl sites for hydroxylation is 1. The standard InChI is InChI=1S/C23H26N4O3/c1-23(2,30)20(13-6-7-13)27-12-18-19(22(27)29)17(9-11-25-18)26-21(28)15-8-10-24-16-5-3-4-14(15)16/h8-11,13,20,30H,3-7,12H2,1-2H3,(H,25,26,28). The van der Waals surface area contributed by atoms with Gasteiger partial charge in [-0.05, 0) is 69.6 Å². The number of hydrogen-bond acceptors (Lipinski definition) is 5. The third-order valence-corrected chi connectivity index (χ3v) is 6.43. The van der Waals surface area contributed by atoms with E-state index in [2.05, 4.69) is 15.3 Å². The average molecular weight is 406 g/mol. The van der Waals surface area contributed by atoms with E-state index in [0.29, 0.717) is 35.0 Å². The molecule has 7 nitrogen and oxygen atoms in total. The first-order valence-electron chi connectivity index (χ1n) is 10.6. The fourth-order valence-corrected chi connectivity index (χ4v) is 5.06. The van der Waals surface area contributed by atoms with Crippen LogP contribution < -0.4 is 5.32 Å². The molecule has 1 atom stereocenters. The Bertz CT molecular complexity index is 1040. The lowest BCUT2D eigenvalue weighted by atomic mass is 9.93. The number of carbonyl (C=O) groups is 2. The molecular weight excluding hydrogens is 380 g/mol. The first-order valence-corrected chi connectivity index (χ1v) is 10.6. The maximum atomic E-state index is 13.4. The topological polar surface area (TPSA) is 95.4 Å². The number of nitrogens with zero attached hydrogens (tertiary/aromatic N) is 3. The molecule has 0 radical (unpaired) electrons. The van der Waals surface area contributed by atoms with E-state index < -0.39 is 5.60 Å². The highest BCUT2D eigenvalue weighted by molar-refractivity contribution is 6.11. The molecule has 156 valence electrons. The van der Waals surface area contributed by atoms with Crippen molar-refractivity contribution in [1.29, 1.82) is 0 Å². The van der Waals surface area contributed by atoms with Gasteiger partial charge in [0.15, 0.2) is 0 Å². The van der Waals surface area contributed by atoms with Crippen molar-refractivity contribution >= 4 is 17.5 Å². The number of carbonyl (C=O) groups excluding carboxylic acids is 2. The van der Waals surface area contributed by atoms with Crippen LogP contribution in [0.1, 0.15) is 70.8 Å². The summed E-state index contributed by atoms with van der Waals surface area (Å²) in [7, 11) is 0. The lowest BCUT2D eigenvalue weighted by molar-refractivity contribution is -0.0225. The van der Waals surface area contributed by atoms with Gasteiger partial charge in [0, 0.05) is 23.7 Å². The summed E-state index contributed by atoms with van der Waals surface area (Å²) in [4.78, 5) is 36.9. The lowest BCUT2D eigenvalue weighted by Crippen LogP contribution is -2.51. The number of rotatable bonds is 5. The summed E-state index contributed by atoms with van der Waals surface area (Å²) in [6.07, 6.45) is 8.07. The minimum atomic E-state index is -1.00. The Labute approximate surface area is 175 Å². The van der Waals surface area contributed by atoms with Gasteiger partial charge in [-0.15, -0.1) is 0 Å². The van der Waals surface area contributed by atoms with Gasteiger partial charge in [0.25, 0.3) is 11.8 Å². The van der Waals surface area contributed by atoms with Gasteiger partial charge in [0.05, 0.1) is 35.1 Å². The van der Waals surface area contributed by atoms with Gasteiger partial charge in [0.2, 0.25) is 0 Å². The summed E-state index contributed by atoms with van der Waals surface area (Å²) in [6.45, 7) is 3.87. The first-order chi connectivity index (χ1) is 14.3. The van der Waals surface area contributed by atoms with E-state index in [1.807, 2.05) is 0 Å². The van der Waals surface area contributed by atoms with Crippen molar-refractivity contribution in [1.82, 2.24) is 14.9 Å². The molecule has 3 aliphatic rings. The summed E-state index contributed by atoms with van der Waals surface area (Å²) >= 11 is 0. The SMILES string of the molecule is CC(C)(O)C(C1CC1)N1Cc2nccc(NC(=O)c3ccnc4c3CCC4)c2C1=O. The second kappa shape index (κ2) is 6.87. The molecule has 2 aromatic rings. The van der Waals surface area contributed by atoms with Gasteiger partial charge in [-0.2, -0.15) is 0 Å². The van der Waals surface area contributed by atoms with Crippen LogP contribution in [0.3, 0.4) is 0 Å². The molecule has 5 rings (SSSR count). The van der Waals surface area contributed by atoms with Crippen LogP contribution in [0.15, 0.2) is 24.5 Å². The largest absolute Gasteiger partial charge is 0.388 e. The fraction of sp³-hybridized carbons (Fsp3) is 0.478. The Morgan fingerprint density at radius 3 is 2.67 bits per heavy atom. The van der Waals surface area contributed by atoms with E-state index in [0.717, 1.165) is 43.4 Å². The summed E-state index contributed by atoms with van der Waals surface area (Å²) in [5.41, 5.74) is 3.18. The molecule has 2 amide bonds. The highest BCUT2D eigenvalue weighted by Crippen LogP contribution is 2.43. The molecular formula is C23H26N4O3. The zero-order valence-electron chi connectivity index (χ0n) is 17.3. The van der Waals surface area contributed by atoms with Crippen LogP contribution >= 0.6 is 0 Å². The minimum absolute atomic E-state index is 0.174. The number of pyridine rings is 2. The third-order valence-electron chi connectivity index (χ3n) is 6.43. The molecule has 30 heavy (non-hydrogen) atoms. The molecule has 1 fully saturated rings. The monoisotopic (exact) mass is 406 g/mol. The van der Waals surface area contributed by atoms with Crippen molar-refractivity contribution in [2.75, 3.05) is 5.32 Å². The van der Waals surface area contributed by atoms with Crippen LogP contribution in [0.4, 0.5) is 5.69 Å². The van der Waals surface area contributed by atoms with E-state index in [9.17, 15) is 14.7 Å². The molecule has 2 aliphatic carbocycles. The molecule has 0 spiro atoms. The second-order valence-corrected chi connectivity index (χ2v) is 9.14. The molecule has 2 aromatic heterocycles. The van der Waals surface area contributed by atoms with Gasteiger partial charge in [-0.3, -0.25) is 19.6 Å². The molecule has 0 bridgehead atoms. The average Bonchev–Trinajstić information content (AvgIpc) is 3.29. The Morgan fingerprint density at radius 2 is 1.93 bits per heavy atom. The van der Waals surface area contributed by atoms with E-state index >= 15 is 0 Å². The van der Waals surface area contributed by atoms with Crippen molar-refractivity contribution in [2.24, 2.45) is 5.92 Å². The number of anilines is 1. The number of hydrogen-bond donors (Lipinski definition) is 2. The number of nitrogens with one attached hydrogen (secondary N) is 1. The number of aliphatic hydroxyl groups is 1. The molecule has 0 saturated heterocycles. The number of amides is 2. The molecule has 7 heteroatoms. The van der Waals surface area contributed by atoms with Gasteiger partial charge in [-0.25, -0.2) is 0 Å². The maximum absolute atomic E-state index is 13.4. The third kappa shape index (κ3) is 3.17. The predicted octanol–water partition coefficient (Wildman–Crippen LogP) is 2.72. The summed E-state index contributed by atoms with van der Waals surface area (Å²) < 4.78 is 0. The molecule has 1 aliphatic heterocycles. The Hall–Kier alpha value is -2.80. The number of aromatic nitrogens is 2. The Morgan fingerprint density at radius 1 is 1.20 bits per heavy atom. The van der Waals surface area contributed by atoms with Gasteiger partial charge >= 0.3 is 0 Å². The van der Waals surface area contributed by atoms with Gasteiger partial charge in [0.1, 0.15) is 0 Å². The van der Waals surface area contributed by atoms with Crippen LogP contribution in [0.5, 0.6) is 0 Å². The van der Waals surface area contributed by atoms with E-state index in [1.54, 1.807) is 43.3 Å². The molecule has 0 aromatic carbocycles. The van der Waals surface area contributed by atoms with E-state index in [1.165, 1.54) is 0 Å². The van der Waals surface area contributed by atoms with Gasteiger partial charge in [-0.1, -0.05) is 0 Å². The minimum Gasteiger partial charge on any atom is -0.388 e. The Balaban J connectivity index is 1.44. The summed E-state index contributed by atoms with van der Waals surface area (Å²) in [5, 5.41) is 13.7. The maximum Gasteiger partial charge on any atom is 0.258 e. The summed E-state index contributed by atoms with van der Waals surface area (Å²) in [5.74, 6) is -0.0930. The second-order valence-electron chi connectivity index (χ2n) is 9.14. The van der Waals surface area contributed by atoms with Crippen molar-refractivity contribution in [3.8, 4) is 0 Å². The van der Waals surface area contributed by atoms with E-state index in [4.69, 9.17) is 0 Å². The highest BCUT2D eigenvalue weighted by atomic mass is 16.3. The van der Waals surface area contributed by atoms with Crippen molar-refractivity contribution in [3.63, 3.8) is 0 Å². The van der Waals surface area contributed by atoms with Crippen LogP contribution in [0, 0.1) is 5.92 Å². The molecule has 2 N–H and O–H groups in total. The van der Waals surface area contributed by atoms with Crippen LogP contribution in [-0.4, -0.2) is 43.4 Å². The smallest absolute Gasteiger partial charge is 0.258 e. The zero-order chi connectivity index (χ0) is 21.0. The lowest BCUT2D eigenvalue weighted by Gasteiger charge is -2.37. The highest BCUT2D eigenvalue weighted by Gasteiger charge is 2.48. The van der Waals surface area contributed by atoms with Crippen molar-refractivity contribution < 1.29 is 14.7 Å². The van der Waals surface area contributed by atoms with Crippen LogP contribution in [0.2, 0.25) is 0 Å². The van der Waals surface area contributed by atoms with Crippen LogP contribution in [-0.2, 0) is 19.4 Å². The van der Waals surface area contributed by atoms with Crippen molar-refractivity contribution in [3.05, 3.63) is 52.6 Å². The zero-order valence-corrected chi connectivity index (χ0v) is 17.3. The predicted molar refractivity (Wildman–Crippen MR) is 111 cm³/mol. The van der Waals surface area contributed by atoms with Crippen LogP contribution in [0.25, 0.3) is 0 Å². The molecule has 1 unspecified atom stereocenters. The summed E-state index contributed by atoms with van der Waals surface area (Å²) in [6, 6.07) is 3.16. The first kappa shape index (κ1) is 19.2. The molecule has 3 heterocycles. The molecule has 1 saturated carbocycles. The number of fused-ring (bicyclic) bond motifs is 2. The van der Waals surface area contributed by atoms with E-state index in [-0.39, 0.29) is 17.9 Å². The van der Waals surface area contributed by atoms with Crippen molar-refractivity contribution in [2.45, 2.75) is 64.1 Å². The fourth-order valence-electron chi connectivity index (χ4n) is 5.06. The quantitative estimate of drug-likeness (QED) is 0.796.